The van der Waals surface area contributed by atoms with Gasteiger partial charge in [-0.05, 0) is 49.6 Å². The van der Waals surface area contributed by atoms with Gasteiger partial charge in [0.05, 0.1) is 16.3 Å². The van der Waals surface area contributed by atoms with Crippen molar-refractivity contribution in [2.24, 2.45) is 0 Å². The van der Waals surface area contributed by atoms with E-state index in [-0.39, 0.29) is 17.1 Å². The molecule has 5 rings (SSSR count). The second-order valence-corrected chi connectivity index (χ2v) is 9.48. The van der Waals surface area contributed by atoms with Crippen LogP contribution in [0.5, 0.6) is 0 Å². The summed E-state index contributed by atoms with van der Waals surface area (Å²) >= 11 is 6.15. The lowest BCUT2D eigenvalue weighted by Crippen LogP contribution is -2.50. The second kappa shape index (κ2) is 9.20. The number of anilines is 1. The predicted molar refractivity (Wildman–Crippen MR) is 128 cm³/mol. The molecular weight excluding hydrogens is 479 g/mol. The Morgan fingerprint density at radius 1 is 1.14 bits per heavy atom. The molecule has 0 unspecified atom stereocenters. The van der Waals surface area contributed by atoms with Crippen molar-refractivity contribution in [3.63, 3.8) is 0 Å². The van der Waals surface area contributed by atoms with Gasteiger partial charge in [0.2, 0.25) is 0 Å². The van der Waals surface area contributed by atoms with Gasteiger partial charge >= 0.3 is 12.2 Å². The summed E-state index contributed by atoms with van der Waals surface area (Å²) in [6.45, 7) is 4.76. The number of fused-ring (bicyclic) bond motifs is 1. The van der Waals surface area contributed by atoms with Gasteiger partial charge < -0.3 is 15.2 Å². The number of hydrogen-bond donors (Lipinski definition) is 2. The molecular formula is C25H25ClF3N5O. The van der Waals surface area contributed by atoms with Crippen molar-refractivity contribution >= 4 is 23.3 Å². The van der Waals surface area contributed by atoms with Crippen molar-refractivity contribution in [2.75, 3.05) is 18.4 Å². The number of piperidine rings is 1. The second-order valence-electron chi connectivity index (χ2n) is 9.07. The zero-order chi connectivity index (χ0) is 24.7. The third kappa shape index (κ3) is 4.88. The summed E-state index contributed by atoms with van der Waals surface area (Å²) in [7, 11) is 0. The SMILES string of the molecule is Cc1[nH]c(-c2ccc(C(F)(F)F)cc2Cl)nc1CN1CCC(N2Cc3ccccc3NC2=O)CC1. The molecule has 10 heteroatoms. The van der Waals surface area contributed by atoms with Gasteiger partial charge in [-0.1, -0.05) is 29.8 Å². The number of urea groups is 1. The number of nitrogens with one attached hydrogen (secondary N) is 2. The fourth-order valence-corrected chi connectivity index (χ4v) is 5.05. The number of para-hydroxylation sites is 1. The van der Waals surface area contributed by atoms with Crippen molar-refractivity contribution in [1.29, 1.82) is 0 Å². The van der Waals surface area contributed by atoms with Crippen LogP contribution in [0.2, 0.25) is 5.02 Å². The quantitative estimate of drug-likeness (QED) is 0.454. The molecule has 2 aliphatic rings. The molecule has 0 saturated carbocycles. The molecule has 2 N–H and O–H groups in total. The normalized spacial score (nSPS) is 17.4. The Hall–Kier alpha value is -3.04. The number of alkyl halides is 3. The van der Waals surface area contributed by atoms with Crippen LogP contribution in [0.25, 0.3) is 11.4 Å². The molecule has 3 heterocycles. The van der Waals surface area contributed by atoms with Crippen molar-refractivity contribution in [1.82, 2.24) is 19.8 Å². The lowest BCUT2D eigenvalue weighted by atomic mass is 10.0. The summed E-state index contributed by atoms with van der Waals surface area (Å²) in [5.41, 5.74) is 3.33. The van der Waals surface area contributed by atoms with E-state index in [1.165, 1.54) is 6.07 Å². The Morgan fingerprint density at radius 2 is 1.89 bits per heavy atom. The van der Waals surface area contributed by atoms with Gasteiger partial charge in [0.15, 0.2) is 0 Å². The summed E-state index contributed by atoms with van der Waals surface area (Å²) in [6.07, 6.45) is -2.73. The van der Waals surface area contributed by atoms with E-state index >= 15 is 0 Å². The Bertz CT molecular complexity index is 1250. The van der Waals surface area contributed by atoms with Gasteiger partial charge in [-0.2, -0.15) is 13.2 Å². The highest BCUT2D eigenvalue weighted by Crippen LogP contribution is 2.35. The number of halogens is 4. The zero-order valence-corrected chi connectivity index (χ0v) is 19.9. The Labute approximate surface area is 206 Å². The summed E-state index contributed by atoms with van der Waals surface area (Å²) in [5.74, 6) is 0.453. The van der Waals surface area contributed by atoms with Gasteiger partial charge in [0.1, 0.15) is 5.82 Å². The number of rotatable bonds is 4. The number of amides is 2. The van der Waals surface area contributed by atoms with Gasteiger partial charge in [0, 0.05) is 49.2 Å². The number of aromatic nitrogens is 2. The first kappa shape index (κ1) is 23.7. The monoisotopic (exact) mass is 503 g/mol. The van der Waals surface area contributed by atoms with Crippen LogP contribution < -0.4 is 5.32 Å². The van der Waals surface area contributed by atoms with Crippen LogP contribution >= 0.6 is 11.6 Å². The van der Waals surface area contributed by atoms with Crippen LogP contribution in [0.1, 0.15) is 35.4 Å². The first-order chi connectivity index (χ1) is 16.7. The Morgan fingerprint density at radius 3 is 2.60 bits per heavy atom. The van der Waals surface area contributed by atoms with Crippen molar-refractivity contribution in [3.05, 3.63) is 70.0 Å². The number of aromatic amines is 1. The van der Waals surface area contributed by atoms with E-state index in [0.29, 0.717) is 24.5 Å². The topological polar surface area (TPSA) is 64.3 Å². The van der Waals surface area contributed by atoms with Crippen LogP contribution in [0.3, 0.4) is 0 Å². The van der Waals surface area contributed by atoms with Crippen LogP contribution in [-0.2, 0) is 19.3 Å². The van der Waals surface area contributed by atoms with E-state index in [4.69, 9.17) is 11.6 Å². The molecule has 1 aromatic heterocycles. The first-order valence-corrected chi connectivity index (χ1v) is 11.9. The number of aryl methyl sites for hydroxylation is 1. The standard InChI is InChI=1S/C25H25ClF3N5O/c1-15-22(31-23(30-15)19-7-6-17(12-20(19)26)25(27,28)29)14-33-10-8-18(9-11-33)34-13-16-4-2-3-5-21(16)32-24(34)35/h2-7,12,18H,8-11,13-14H2,1H3,(H,30,31)(H,32,35). The number of nitrogens with zero attached hydrogens (tertiary/aromatic N) is 3. The molecule has 1 fully saturated rings. The molecule has 0 atom stereocenters. The molecule has 0 aliphatic carbocycles. The third-order valence-corrected chi connectivity index (χ3v) is 7.08. The average Bonchev–Trinajstić information content (AvgIpc) is 3.18. The highest BCUT2D eigenvalue weighted by molar-refractivity contribution is 6.33. The summed E-state index contributed by atoms with van der Waals surface area (Å²) in [5, 5.41) is 2.99. The van der Waals surface area contributed by atoms with Crippen molar-refractivity contribution in [3.8, 4) is 11.4 Å². The average molecular weight is 504 g/mol. The van der Waals surface area contributed by atoms with Crippen LogP contribution in [0.15, 0.2) is 42.5 Å². The van der Waals surface area contributed by atoms with E-state index in [1.54, 1.807) is 0 Å². The molecule has 6 nitrogen and oxygen atoms in total. The smallest absolute Gasteiger partial charge is 0.342 e. The maximum atomic E-state index is 13.0. The molecule has 0 radical (unpaired) electrons. The lowest BCUT2D eigenvalue weighted by Gasteiger charge is -2.40. The van der Waals surface area contributed by atoms with Crippen LogP contribution in [-0.4, -0.2) is 44.9 Å². The number of H-pyrrole nitrogens is 1. The van der Waals surface area contributed by atoms with Crippen LogP contribution in [0, 0.1) is 6.92 Å². The van der Waals surface area contributed by atoms with E-state index < -0.39 is 11.7 Å². The van der Waals surface area contributed by atoms with Crippen molar-refractivity contribution < 1.29 is 18.0 Å². The fraction of sp³-hybridized carbons (Fsp3) is 0.360. The van der Waals surface area contributed by atoms with Gasteiger partial charge in [-0.3, -0.25) is 4.90 Å². The highest BCUT2D eigenvalue weighted by Gasteiger charge is 2.33. The summed E-state index contributed by atoms with van der Waals surface area (Å²) in [6, 6.07) is 11.3. The molecule has 0 spiro atoms. The van der Waals surface area contributed by atoms with E-state index in [0.717, 1.165) is 60.7 Å². The van der Waals surface area contributed by atoms with Gasteiger partial charge in [0.25, 0.3) is 0 Å². The minimum atomic E-state index is -4.45. The zero-order valence-electron chi connectivity index (χ0n) is 19.1. The molecule has 1 saturated heterocycles. The lowest BCUT2D eigenvalue weighted by molar-refractivity contribution is -0.137. The number of carbonyl (C=O) groups is 1. The summed E-state index contributed by atoms with van der Waals surface area (Å²) in [4.78, 5) is 24.6. The number of benzene rings is 2. The molecule has 2 amide bonds. The van der Waals surface area contributed by atoms with E-state index in [2.05, 4.69) is 20.2 Å². The fourth-order valence-electron chi connectivity index (χ4n) is 4.78. The van der Waals surface area contributed by atoms with Gasteiger partial charge in [-0.25, -0.2) is 9.78 Å². The number of imidazole rings is 1. The third-order valence-electron chi connectivity index (χ3n) is 6.77. The van der Waals surface area contributed by atoms with E-state index in [9.17, 15) is 18.0 Å². The number of carbonyl (C=O) groups excluding carboxylic acids is 1. The van der Waals surface area contributed by atoms with Crippen molar-refractivity contribution in [2.45, 2.75) is 45.1 Å². The highest BCUT2D eigenvalue weighted by atomic mass is 35.5. The molecule has 35 heavy (non-hydrogen) atoms. The molecule has 3 aromatic rings. The number of hydrogen-bond acceptors (Lipinski definition) is 3. The molecule has 184 valence electrons. The van der Waals surface area contributed by atoms with E-state index in [1.807, 2.05) is 36.1 Å². The van der Waals surface area contributed by atoms with Crippen LogP contribution in [0.4, 0.5) is 23.7 Å². The maximum absolute atomic E-state index is 13.0. The molecule has 2 aliphatic heterocycles. The minimum absolute atomic E-state index is 0.00215. The predicted octanol–water partition coefficient (Wildman–Crippen LogP) is 6.07. The number of likely N-dealkylation sites (tertiary alicyclic amines) is 1. The summed E-state index contributed by atoms with van der Waals surface area (Å²) < 4.78 is 38.9. The van der Waals surface area contributed by atoms with Gasteiger partial charge in [-0.15, -0.1) is 0 Å². The maximum Gasteiger partial charge on any atom is 0.416 e. The minimum Gasteiger partial charge on any atom is -0.342 e. The Balaban J connectivity index is 1.23. The molecule has 2 aromatic carbocycles. The Kier molecular flexibility index (Phi) is 6.23. The molecule has 0 bridgehead atoms. The largest absolute Gasteiger partial charge is 0.416 e. The first-order valence-electron chi connectivity index (χ1n) is 11.5.